The van der Waals surface area contributed by atoms with Crippen molar-refractivity contribution in [1.29, 1.82) is 0 Å². The Morgan fingerprint density at radius 2 is 1.88 bits per heavy atom. The predicted molar refractivity (Wildman–Crippen MR) is 68.2 cm³/mol. The molecule has 4 heteroatoms. The monoisotopic (exact) mass is 229 g/mol. The molecule has 0 aromatic heterocycles. The van der Waals surface area contributed by atoms with Gasteiger partial charge in [-0.2, -0.15) is 0 Å². The number of carbonyl (C=O) groups is 1. The van der Waals surface area contributed by atoms with Crippen molar-refractivity contribution in [3.63, 3.8) is 0 Å². The summed E-state index contributed by atoms with van der Waals surface area (Å²) in [5.74, 6) is 0.279. The normalized spacial score (nSPS) is 15.8. The highest BCUT2D eigenvalue weighted by Gasteiger charge is 2.32. The van der Waals surface area contributed by atoms with Crippen LogP contribution in [0.5, 0.6) is 0 Å². The number of rotatable bonds is 7. The van der Waals surface area contributed by atoms with Gasteiger partial charge in [-0.1, -0.05) is 13.8 Å². The molecule has 0 aliphatic rings. The van der Waals surface area contributed by atoms with Gasteiger partial charge in [-0.15, -0.1) is 0 Å². The third-order valence-corrected chi connectivity index (χ3v) is 2.94. The van der Waals surface area contributed by atoms with Gasteiger partial charge < -0.3 is 11.1 Å². The van der Waals surface area contributed by atoms with E-state index in [9.17, 15) is 4.79 Å². The summed E-state index contributed by atoms with van der Waals surface area (Å²) >= 11 is 0. The molecule has 0 saturated carbocycles. The highest BCUT2D eigenvalue weighted by molar-refractivity contribution is 5.84. The molecule has 1 atom stereocenters. The topological polar surface area (TPSA) is 58.4 Å². The van der Waals surface area contributed by atoms with Gasteiger partial charge in [-0.05, 0) is 33.7 Å². The zero-order chi connectivity index (χ0) is 12.9. The van der Waals surface area contributed by atoms with Gasteiger partial charge in [-0.3, -0.25) is 9.69 Å². The van der Waals surface area contributed by atoms with Crippen LogP contribution in [0.15, 0.2) is 0 Å². The number of nitrogens with one attached hydrogen (secondary N) is 1. The third kappa shape index (κ3) is 4.49. The molecule has 1 unspecified atom stereocenters. The lowest BCUT2D eigenvalue weighted by Crippen LogP contribution is -2.59. The van der Waals surface area contributed by atoms with Crippen LogP contribution in [0.3, 0.4) is 0 Å². The highest BCUT2D eigenvalue weighted by Crippen LogP contribution is 2.11. The molecule has 0 aliphatic heterocycles. The Morgan fingerprint density at radius 3 is 2.12 bits per heavy atom. The number of carbonyl (C=O) groups excluding carboxylic acids is 1. The van der Waals surface area contributed by atoms with Crippen molar-refractivity contribution in [1.82, 2.24) is 10.2 Å². The molecule has 0 aromatic rings. The van der Waals surface area contributed by atoms with Crippen LogP contribution in [0, 0.1) is 5.92 Å². The Labute approximate surface area is 99.6 Å². The first-order chi connectivity index (χ1) is 7.23. The van der Waals surface area contributed by atoms with Crippen molar-refractivity contribution in [2.45, 2.75) is 46.2 Å². The van der Waals surface area contributed by atoms with Gasteiger partial charge >= 0.3 is 0 Å². The Balaban J connectivity index is 4.65. The van der Waals surface area contributed by atoms with Crippen LogP contribution in [-0.2, 0) is 4.79 Å². The van der Waals surface area contributed by atoms with Gasteiger partial charge in [0.25, 0.3) is 0 Å². The summed E-state index contributed by atoms with van der Waals surface area (Å²) in [6, 6.07) is 0.412. The van der Waals surface area contributed by atoms with Crippen LogP contribution in [-0.4, -0.2) is 42.5 Å². The van der Waals surface area contributed by atoms with E-state index in [-0.39, 0.29) is 5.91 Å². The summed E-state index contributed by atoms with van der Waals surface area (Å²) in [6.07, 6.45) is 0. The zero-order valence-corrected chi connectivity index (χ0v) is 11.5. The number of nitrogens with zero attached hydrogens (tertiary/aromatic N) is 1. The summed E-state index contributed by atoms with van der Waals surface area (Å²) in [7, 11) is 1.78. The molecule has 0 saturated heterocycles. The van der Waals surface area contributed by atoms with E-state index in [1.54, 1.807) is 7.05 Å². The van der Waals surface area contributed by atoms with Crippen molar-refractivity contribution in [2.24, 2.45) is 11.7 Å². The summed E-state index contributed by atoms with van der Waals surface area (Å²) in [6.45, 7) is 12.1. The zero-order valence-electron chi connectivity index (χ0n) is 11.5. The van der Waals surface area contributed by atoms with Gasteiger partial charge in [0.2, 0.25) is 5.91 Å². The number of nitrogens with two attached hydrogens (primary N) is 1. The molecule has 0 aliphatic carbocycles. The molecule has 4 nitrogen and oxygen atoms in total. The molecule has 0 bridgehead atoms. The second-order valence-corrected chi connectivity index (χ2v) is 5.36. The molecule has 0 fully saturated rings. The van der Waals surface area contributed by atoms with E-state index >= 15 is 0 Å². The van der Waals surface area contributed by atoms with Crippen molar-refractivity contribution in [2.75, 3.05) is 20.1 Å². The Kier molecular flexibility index (Phi) is 5.97. The van der Waals surface area contributed by atoms with Gasteiger partial charge in [0.1, 0.15) is 5.54 Å². The Morgan fingerprint density at radius 1 is 1.38 bits per heavy atom. The quantitative estimate of drug-likeness (QED) is 0.679. The molecule has 0 radical (unpaired) electrons. The number of hydrogen-bond donors (Lipinski definition) is 2. The highest BCUT2D eigenvalue weighted by atomic mass is 16.1. The third-order valence-electron chi connectivity index (χ3n) is 2.94. The van der Waals surface area contributed by atoms with Gasteiger partial charge in [0, 0.05) is 19.1 Å². The molecular weight excluding hydrogens is 202 g/mol. The lowest BCUT2D eigenvalue weighted by molar-refractivity contribution is -0.124. The second kappa shape index (κ2) is 6.21. The van der Waals surface area contributed by atoms with Crippen LogP contribution in [0.25, 0.3) is 0 Å². The maximum Gasteiger partial charge on any atom is 0.238 e. The largest absolute Gasteiger partial charge is 0.368 e. The van der Waals surface area contributed by atoms with Crippen molar-refractivity contribution in [3.8, 4) is 0 Å². The summed E-state index contributed by atoms with van der Waals surface area (Å²) in [5, 5.41) is 3.02. The predicted octanol–water partition coefficient (Wildman–Crippen LogP) is 0.816. The van der Waals surface area contributed by atoms with E-state index in [1.807, 2.05) is 6.92 Å². The molecule has 0 aromatic carbocycles. The number of likely N-dealkylation sites (N-methyl/N-ethyl adjacent to an activating group) is 1. The van der Waals surface area contributed by atoms with Crippen LogP contribution in [0.1, 0.15) is 34.6 Å². The van der Waals surface area contributed by atoms with Gasteiger partial charge in [0.15, 0.2) is 0 Å². The van der Waals surface area contributed by atoms with E-state index in [0.29, 0.717) is 18.5 Å². The summed E-state index contributed by atoms with van der Waals surface area (Å²) < 4.78 is 0. The molecule has 0 heterocycles. The second-order valence-electron chi connectivity index (χ2n) is 5.36. The van der Waals surface area contributed by atoms with E-state index in [2.05, 4.69) is 37.9 Å². The minimum Gasteiger partial charge on any atom is -0.368 e. The van der Waals surface area contributed by atoms with Crippen molar-refractivity contribution < 1.29 is 4.79 Å². The molecule has 16 heavy (non-hydrogen) atoms. The van der Waals surface area contributed by atoms with Gasteiger partial charge in [-0.25, -0.2) is 0 Å². The standard InChI is InChI=1S/C12H27N3O/c1-9(2)7-15(10(3)4)8-12(5,14-6)11(13)16/h9-10,14H,7-8H2,1-6H3,(H2,13,16). The maximum atomic E-state index is 11.4. The van der Waals surface area contributed by atoms with Crippen LogP contribution in [0.2, 0.25) is 0 Å². The van der Waals surface area contributed by atoms with E-state index in [1.165, 1.54) is 0 Å². The van der Waals surface area contributed by atoms with E-state index < -0.39 is 5.54 Å². The average molecular weight is 229 g/mol. The lowest BCUT2D eigenvalue weighted by Gasteiger charge is -2.36. The fraction of sp³-hybridized carbons (Fsp3) is 0.917. The number of primary amides is 1. The fourth-order valence-electron chi connectivity index (χ4n) is 1.61. The number of hydrogen-bond acceptors (Lipinski definition) is 3. The maximum absolute atomic E-state index is 11.4. The van der Waals surface area contributed by atoms with Crippen LogP contribution < -0.4 is 11.1 Å². The van der Waals surface area contributed by atoms with E-state index in [4.69, 9.17) is 5.73 Å². The van der Waals surface area contributed by atoms with Crippen molar-refractivity contribution in [3.05, 3.63) is 0 Å². The fourth-order valence-corrected chi connectivity index (χ4v) is 1.61. The molecular formula is C12H27N3O. The minimum absolute atomic E-state index is 0.301. The van der Waals surface area contributed by atoms with Gasteiger partial charge in [0.05, 0.1) is 0 Å². The SMILES string of the molecule is CNC(C)(CN(CC(C)C)C(C)C)C(N)=O. The first-order valence-electron chi connectivity index (χ1n) is 5.95. The van der Waals surface area contributed by atoms with Crippen LogP contribution in [0.4, 0.5) is 0 Å². The molecule has 0 rings (SSSR count). The molecule has 96 valence electrons. The lowest BCUT2D eigenvalue weighted by atomic mass is 9.99. The average Bonchev–Trinajstić information content (AvgIpc) is 2.15. The molecule has 0 spiro atoms. The number of amides is 1. The summed E-state index contributed by atoms with van der Waals surface area (Å²) in [4.78, 5) is 13.7. The smallest absolute Gasteiger partial charge is 0.238 e. The molecule has 3 N–H and O–H groups in total. The first kappa shape index (κ1) is 15.4. The van der Waals surface area contributed by atoms with E-state index in [0.717, 1.165) is 6.54 Å². The molecule has 1 amide bonds. The van der Waals surface area contributed by atoms with Crippen molar-refractivity contribution >= 4 is 5.91 Å². The summed E-state index contributed by atoms with van der Waals surface area (Å²) in [5.41, 5.74) is 4.78. The Hall–Kier alpha value is -0.610. The minimum atomic E-state index is -0.654. The Bertz CT molecular complexity index is 228. The van der Waals surface area contributed by atoms with Crippen LogP contribution >= 0.6 is 0 Å². The first-order valence-corrected chi connectivity index (χ1v) is 5.95.